The van der Waals surface area contributed by atoms with Crippen molar-refractivity contribution in [1.29, 1.82) is 0 Å². The first-order valence-electron chi connectivity index (χ1n) is 8.79. The minimum absolute atomic E-state index is 0.273. The average Bonchev–Trinajstić information content (AvgIpc) is 2.62. The van der Waals surface area contributed by atoms with Gasteiger partial charge in [0.2, 0.25) is 5.95 Å². The number of rotatable bonds is 6. The van der Waals surface area contributed by atoms with Gasteiger partial charge in [0.05, 0.1) is 12.2 Å². The van der Waals surface area contributed by atoms with Crippen LogP contribution >= 0.6 is 0 Å². The normalized spacial score (nSPS) is 19.1. The molecule has 1 saturated carbocycles. The lowest BCUT2D eigenvalue weighted by atomic mass is 9.78. The Morgan fingerprint density at radius 3 is 2.85 bits per heavy atom. The quantitative estimate of drug-likeness (QED) is 0.585. The predicted molar refractivity (Wildman–Crippen MR) is 102 cm³/mol. The summed E-state index contributed by atoms with van der Waals surface area (Å²) in [6, 6.07) is 12.1. The minimum atomic E-state index is 0.273. The highest BCUT2D eigenvalue weighted by molar-refractivity contribution is 5.84. The minimum Gasteiger partial charge on any atom is -0.489 e. The molecular weight excluding hydrogens is 328 g/mol. The first-order valence-corrected chi connectivity index (χ1v) is 8.79. The van der Waals surface area contributed by atoms with E-state index in [1.807, 2.05) is 36.4 Å². The molecule has 7 heteroatoms. The second-order valence-electron chi connectivity index (χ2n) is 6.57. The summed E-state index contributed by atoms with van der Waals surface area (Å²) in [5.41, 5.74) is 13.5. The fourth-order valence-electron chi connectivity index (χ4n) is 3.22. The molecule has 0 amide bonds. The molecule has 0 bridgehead atoms. The molecule has 0 saturated heterocycles. The summed E-state index contributed by atoms with van der Waals surface area (Å²) in [6.07, 6.45) is 3.67. The first kappa shape index (κ1) is 16.5. The van der Waals surface area contributed by atoms with Crippen LogP contribution < -0.4 is 21.5 Å². The third-order valence-corrected chi connectivity index (χ3v) is 4.62. The van der Waals surface area contributed by atoms with Gasteiger partial charge in [0, 0.05) is 29.6 Å². The lowest BCUT2D eigenvalue weighted by Gasteiger charge is -2.32. The number of pyridine rings is 1. The highest BCUT2D eigenvalue weighted by Gasteiger charge is 2.29. The van der Waals surface area contributed by atoms with Crippen LogP contribution in [0.25, 0.3) is 10.9 Å². The van der Waals surface area contributed by atoms with Gasteiger partial charge in [-0.15, -0.1) is 0 Å². The van der Waals surface area contributed by atoms with Gasteiger partial charge in [-0.05, 0) is 25.0 Å². The Bertz CT molecular complexity index is 904. The van der Waals surface area contributed by atoms with E-state index in [4.69, 9.17) is 16.2 Å². The van der Waals surface area contributed by atoms with E-state index in [1.165, 1.54) is 0 Å². The number of nitrogens with one attached hydrogen (secondary N) is 1. The summed E-state index contributed by atoms with van der Waals surface area (Å²) in [5, 5.41) is 4.31. The van der Waals surface area contributed by atoms with E-state index in [2.05, 4.69) is 20.3 Å². The summed E-state index contributed by atoms with van der Waals surface area (Å²) in [4.78, 5) is 13.0. The van der Waals surface area contributed by atoms with Gasteiger partial charge in [0.15, 0.2) is 0 Å². The molecule has 0 atom stereocenters. The Hall–Kier alpha value is -2.93. The number of anilines is 2. The number of benzene rings is 1. The van der Waals surface area contributed by atoms with Gasteiger partial charge in [-0.1, -0.05) is 18.2 Å². The van der Waals surface area contributed by atoms with E-state index in [-0.39, 0.29) is 12.0 Å². The maximum absolute atomic E-state index is 5.88. The standard InChI is InChI=1S/C19H22N6O/c20-14-9-13(10-14)15-11-17(25-19(21)24-15)22-7-8-26-16-5-1-3-12-4-2-6-23-18(12)16/h1-6,11,13-14H,7-10,20H2,(H3,21,22,24,25). The zero-order chi connectivity index (χ0) is 17.9. The number of hydrogen-bond donors (Lipinski definition) is 3. The Balaban J connectivity index is 1.36. The second-order valence-corrected chi connectivity index (χ2v) is 6.57. The highest BCUT2D eigenvalue weighted by Crippen LogP contribution is 2.35. The molecular formula is C19H22N6O. The molecule has 0 radical (unpaired) electrons. The molecule has 0 aliphatic heterocycles. The molecule has 0 unspecified atom stereocenters. The molecule has 2 aromatic heterocycles. The van der Waals surface area contributed by atoms with Gasteiger partial charge in [0.25, 0.3) is 0 Å². The Morgan fingerprint density at radius 1 is 1.15 bits per heavy atom. The van der Waals surface area contributed by atoms with E-state index in [0.29, 0.717) is 24.9 Å². The maximum atomic E-state index is 5.88. The van der Waals surface area contributed by atoms with Crippen LogP contribution in [0.5, 0.6) is 5.75 Å². The Kier molecular flexibility index (Phi) is 4.53. The SMILES string of the molecule is Nc1nc(NCCOc2cccc3cccnc23)cc(C2CC(N)C2)n1. The first-order chi connectivity index (χ1) is 12.7. The van der Waals surface area contributed by atoms with E-state index in [1.54, 1.807) is 6.20 Å². The van der Waals surface area contributed by atoms with E-state index in [9.17, 15) is 0 Å². The van der Waals surface area contributed by atoms with Crippen LogP contribution in [0.3, 0.4) is 0 Å². The second kappa shape index (κ2) is 7.13. The van der Waals surface area contributed by atoms with Crippen LogP contribution in [0.1, 0.15) is 24.5 Å². The van der Waals surface area contributed by atoms with Crippen LogP contribution in [0, 0.1) is 0 Å². The summed E-state index contributed by atoms with van der Waals surface area (Å²) in [6.45, 7) is 1.09. The van der Waals surface area contributed by atoms with Crippen LogP contribution in [-0.2, 0) is 0 Å². The third kappa shape index (κ3) is 3.52. The van der Waals surface area contributed by atoms with Gasteiger partial charge in [0.1, 0.15) is 23.7 Å². The fourth-order valence-corrected chi connectivity index (χ4v) is 3.22. The summed E-state index contributed by atoms with van der Waals surface area (Å²) in [5.74, 6) is 2.15. The zero-order valence-corrected chi connectivity index (χ0v) is 14.4. The van der Waals surface area contributed by atoms with Crippen molar-refractivity contribution in [2.75, 3.05) is 24.2 Å². The molecule has 1 aromatic carbocycles. The predicted octanol–water partition coefficient (Wildman–Crippen LogP) is 2.30. The number of nitrogens with zero attached hydrogens (tertiary/aromatic N) is 3. The van der Waals surface area contributed by atoms with Crippen molar-refractivity contribution in [3.8, 4) is 5.75 Å². The summed E-state index contributed by atoms with van der Waals surface area (Å²) >= 11 is 0. The Labute approximate surface area is 151 Å². The van der Waals surface area contributed by atoms with Gasteiger partial charge in [-0.3, -0.25) is 4.98 Å². The van der Waals surface area contributed by atoms with Crippen molar-refractivity contribution in [2.45, 2.75) is 24.8 Å². The number of fused-ring (bicyclic) bond motifs is 1. The van der Waals surface area contributed by atoms with Crippen molar-refractivity contribution in [1.82, 2.24) is 15.0 Å². The van der Waals surface area contributed by atoms with Crippen molar-refractivity contribution in [3.63, 3.8) is 0 Å². The lowest BCUT2D eigenvalue weighted by Crippen LogP contribution is -2.35. The van der Waals surface area contributed by atoms with E-state index < -0.39 is 0 Å². The van der Waals surface area contributed by atoms with Crippen LogP contribution in [0.4, 0.5) is 11.8 Å². The number of hydrogen-bond acceptors (Lipinski definition) is 7. The van der Waals surface area contributed by atoms with E-state index >= 15 is 0 Å². The molecule has 3 aromatic rings. The number of para-hydroxylation sites is 1. The molecule has 134 valence electrons. The van der Waals surface area contributed by atoms with Crippen LogP contribution in [0.15, 0.2) is 42.6 Å². The van der Waals surface area contributed by atoms with Gasteiger partial charge in [-0.25, -0.2) is 4.98 Å². The van der Waals surface area contributed by atoms with Gasteiger partial charge >= 0.3 is 0 Å². The number of nitrogens with two attached hydrogens (primary N) is 2. The van der Waals surface area contributed by atoms with Crippen molar-refractivity contribution >= 4 is 22.7 Å². The monoisotopic (exact) mass is 350 g/mol. The fraction of sp³-hybridized carbons (Fsp3) is 0.316. The topological polar surface area (TPSA) is 112 Å². The van der Waals surface area contributed by atoms with Crippen LogP contribution in [-0.4, -0.2) is 34.1 Å². The van der Waals surface area contributed by atoms with E-state index in [0.717, 1.165) is 35.2 Å². The van der Waals surface area contributed by atoms with Crippen molar-refractivity contribution in [2.24, 2.45) is 5.73 Å². The zero-order valence-electron chi connectivity index (χ0n) is 14.4. The summed E-state index contributed by atoms with van der Waals surface area (Å²) in [7, 11) is 0. The maximum Gasteiger partial charge on any atom is 0.222 e. The molecule has 7 nitrogen and oxygen atoms in total. The van der Waals surface area contributed by atoms with Gasteiger partial charge < -0.3 is 21.5 Å². The number of nitrogen functional groups attached to an aromatic ring is 1. The molecule has 0 spiro atoms. The molecule has 26 heavy (non-hydrogen) atoms. The van der Waals surface area contributed by atoms with Gasteiger partial charge in [-0.2, -0.15) is 4.98 Å². The molecule has 4 rings (SSSR count). The Morgan fingerprint density at radius 2 is 2.00 bits per heavy atom. The smallest absolute Gasteiger partial charge is 0.222 e. The van der Waals surface area contributed by atoms with Crippen molar-refractivity contribution in [3.05, 3.63) is 48.3 Å². The molecule has 2 heterocycles. The van der Waals surface area contributed by atoms with Crippen LogP contribution in [0.2, 0.25) is 0 Å². The number of aromatic nitrogens is 3. The molecule has 1 fully saturated rings. The lowest BCUT2D eigenvalue weighted by molar-refractivity contribution is 0.336. The average molecular weight is 350 g/mol. The molecule has 1 aliphatic carbocycles. The number of ether oxygens (including phenoxy) is 1. The van der Waals surface area contributed by atoms with Crippen molar-refractivity contribution < 1.29 is 4.74 Å². The molecule has 5 N–H and O–H groups in total. The summed E-state index contributed by atoms with van der Waals surface area (Å²) < 4.78 is 5.88. The third-order valence-electron chi connectivity index (χ3n) is 4.62. The largest absolute Gasteiger partial charge is 0.489 e. The molecule has 1 aliphatic rings. The highest BCUT2D eigenvalue weighted by atomic mass is 16.5.